The molecular weight excluding hydrogens is 178 g/mol. The lowest BCUT2D eigenvalue weighted by Gasteiger charge is -2.34. The second-order valence-corrected chi connectivity index (χ2v) is 4.21. The molecule has 0 aromatic carbocycles. The SMILES string of the molecule is CCCOCCNC1(C)CCOCC1. The molecule has 0 radical (unpaired) electrons. The maximum absolute atomic E-state index is 5.43. The van der Waals surface area contributed by atoms with Gasteiger partial charge in [0.15, 0.2) is 0 Å². The van der Waals surface area contributed by atoms with Crippen LogP contribution in [0.15, 0.2) is 0 Å². The van der Waals surface area contributed by atoms with Crippen LogP contribution >= 0.6 is 0 Å². The van der Waals surface area contributed by atoms with Gasteiger partial charge in [-0.05, 0) is 26.2 Å². The van der Waals surface area contributed by atoms with E-state index in [4.69, 9.17) is 9.47 Å². The Labute approximate surface area is 87.2 Å². The molecule has 1 saturated heterocycles. The zero-order valence-electron chi connectivity index (χ0n) is 9.47. The molecule has 0 atom stereocenters. The minimum absolute atomic E-state index is 0.272. The van der Waals surface area contributed by atoms with Crippen LogP contribution < -0.4 is 5.32 Å². The average Bonchev–Trinajstić information content (AvgIpc) is 2.18. The predicted octanol–water partition coefficient (Wildman–Crippen LogP) is 1.57. The Kier molecular flexibility index (Phi) is 5.45. The standard InChI is InChI=1S/C11H23NO2/c1-3-7-13-10-6-12-11(2)4-8-14-9-5-11/h12H,3-10H2,1-2H3. The molecule has 3 heteroatoms. The van der Waals surface area contributed by atoms with Gasteiger partial charge in [-0.15, -0.1) is 0 Å². The number of nitrogens with one attached hydrogen (secondary N) is 1. The summed E-state index contributed by atoms with van der Waals surface area (Å²) in [7, 11) is 0. The average molecular weight is 201 g/mol. The Morgan fingerprint density at radius 2 is 2.00 bits per heavy atom. The van der Waals surface area contributed by atoms with Crippen LogP contribution in [0.25, 0.3) is 0 Å². The minimum Gasteiger partial charge on any atom is -0.381 e. The minimum atomic E-state index is 0.272. The van der Waals surface area contributed by atoms with Crippen molar-refractivity contribution in [2.45, 2.75) is 38.6 Å². The third kappa shape index (κ3) is 4.40. The molecule has 0 saturated carbocycles. The molecule has 1 N–H and O–H groups in total. The third-order valence-electron chi connectivity index (χ3n) is 2.74. The van der Waals surface area contributed by atoms with E-state index in [1.54, 1.807) is 0 Å². The lowest BCUT2D eigenvalue weighted by Crippen LogP contribution is -2.47. The van der Waals surface area contributed by atoms with E-state index >= 15 is 0 Å². The van der Waals surface area contributed by atoms with Crippen LogP contribution in [0.4, 0.5) is 0 Å². The second kappa shape index (κ2) is 6.38. The molecule has 1 aliphatic rings. The van der Waals surface area contributed by atoms with Crippen LogP contribution in [0, 0.1) is 0 Å². The van der Waals surface area contributed by atoms with Crippen molar-refractivity contribution in [2.75, 3.05) is 33.0 Å². The fourth-order valence-electron chi connectivity index (χ4n) is 1.67. The lowest BCUT2D eigenvalue weighted by molar-refractivity contribution is 0.0404. The van der Waals surface area contributed by atoms with E-state index in [0.29, 0.717) is 0 Å². The van der Waals surface area contributed by atoms with Gasteiger partial charge < -0.3 is 14.8 Å². The summed E-state index contributed by atoms with van der Waals surface area (Å²) in [6, 6.07) is 0. The molecule has 0 amide bonds. The van der Waals surface area contributed by atoms with Crippen molar-refractivity contribution in [3.63, 3.8) is 0 Å². The van der Waals surface area contributed by atoms with Crippen molar-refractivity contribution in [2.24, 2.45) is 0 Å². The van der Waals surface area contributed by atoms with Gasteiger partial charge in [0.1, 0.15) is 0 Å². The summed E-state index contributed by atoms with van der Waals surface area (Å²) in [5.74, 6) is 0. The highest BCUT2D eigenvalue weighted by molar-refractivity contribution is 4.84. The van der Waals surface area contributed by atoms with E-state index in [2.05, 4.69) is 19.2 Å². The fourth-order valence-corrected chi connectivity index (χ4v) is 1.67. The largest absolute Gasteiger partial charge is 0.381 e. The highest BCUT2D eigenvalue weighted by Gasteiger charge is 2.25. The lowest BCUT2D eigenvalue weighted by atomic mass is 9.93. The number of rotatable bonds is 6. The van der Waals surface area contributed by atoms with Crippen molar-refractivity contribution in [1.82, 2.24) is 5.32 Å². The number of ether oxygens (including phenoxy) is 2. The first kappa shape index (κ1) is 12.0. The summed E-state index contributed by atoms with van der Waals surface area (Å²) in [6.07, 6.45) is 3.33. The van der Waals surface area contributed by atoms with Gasteiger partial charge in [-0.2, -0.15) is 0 Å². The summed E-state index contributed by atoms with van der Waals surface area (Å²) >= 11 is 0. The molecule has 1 aliphatic heterocycles. The van der Waals surface area contributed by atoms with E-state index < -0.39 is 0 Å². The second-order valence-electron chi connectivity index (χ2n) is 4.21. The van der Waals surface area contributed by atoms with E-state index in [1.807, 2.05) is 0 Å². The molecule has 0 bridgehead atoms. The van der Waals surface area contributed by atoms with Crippen molar-refractivity contribution < 1.29 is 9.47 Å². The maximum atomic E-state index is 5.43. The van der Waals surface area contributed by atoms with E-state index in [9.17, 15) is 0 Å². The fraction of sp³-hybridized carbons (Fsp3) is 1.00. The molecule has 0 unspecified atom stereocenters. The van der Waals surface area contributed by atoms with Gasteiger partial charge in [0, 0.05) is 31.9 Å². The van der Waals surface area contributed by atoms with E-state index in [1.165, 1.54) is 0 Å². The highest BCUT2D eigenvalue weighted by atomic mass is 16.5. The molecule has 0 aromatic rings. The van der Waals surface area contributed by atoms with Gasteiger partial charge in [-0.1, -0.05) is 6.92 Å². The quantitative estimate of drug-likeness (QED) is 0.662. The topological polar surface area (TPSA) is 30.5 Å². The molecule has 1 rings (SSSR count). The Hall–Kier alpha value is -0.120. The molecule has 1 fully saturated rings. The van der Waals surface area contributed by atoms with E-state index in [-0.39, 0.29) is 5.54 Å². The molecule has 0 aliphatic carbocycles. The zero-order chi connectivity index (χ0) is 10.3. The number of hydrogen-bond donors (Lipinski definition) is 1. The van der Waals surface area contributed by atoms with Crippen LogP contribution in [0.1, 0.15) is 33.1 Å². The summed E-state index contributed by atoms with van der Waals surface area (Å²) in [5, 5.41) is 3.55. The van der Waals surface area contributed by atoms with Gasteiger partial charge in [0.2, 0.25) is 0 Å². The van der Waals surface area contributed by atoms with Crippen molar-refractivity contribution in [1.29, 1.82) is 0 Å². The number of hydrogen-bond acceptors (Lipinski definition) is 3. The Morgan fingerprint density at radius 1 is 1.29 bits per heavy atom. The molecule has 0 aromatic heterocycles. The van der Waals surface area contributed by atoms with Gasteiger partial charge in [0.25, 0.3) is 0 Å². The van der Waals surface area contributed by atoms with Crippen molar-refractivity contribution in [3.8, 4) is 0 Å². The van der Waals surface area contributed by atoms with Gasteiger partial charge >= 0.3 is 0 Å². The monoisotopic (exact) mass is 201 g/mol. The van der Waals surface area contributed by atoms with Gasteiger partial charge in [-0.25, -0.2) is 0 Å². The maximum Gasteiger partial charge on any atom is 0.0591 e. The first-order valence-corrected chi connectivity index (χ1v) is 5.67. The summed E-state index contributed by atoms with van der Waals surface area (Å²) in [6.45, 7) is 8.84. The summed E-state index contributed by atoms with van der Waals surface area (Å²) in [4.78, 5) is 0. The Bertz CT molecular complexity index is 144. The molecule has 14 heavy (non-hydrogen) atoms. The van der Waals surface area contributed by atoms with Crippen LogP contribution in [0.3, 0.4) is 0 Å². The highest BCUT2D eigenvalue weighted by Crippen LogP contribution is 2.18. The molecular formula is C11H23NO2. The van der Waals surface area contributed by atoms with Crippen LogP contribution in [0.5, 0.6) is 0 Å². The van der Waals surface area contributed by atoms with Gasteiger partial charge in [-0.3, -0.25) is 0 Å². The molecule has 84 valence electrons. The van der Waals surface area contributed by atoms with Crippen molar-refractivity contribution >= 4 is 0 Å². The van der Waals surface area contributed by atoms with Gasteiger partial charge in [0.05, 0.1) is 6.61 Å². The zero-order valence-corrected chi connectivity index (χ0v) is 9.47. The third-order valence-corrected chi connectivity index (χ3v) is 2.74. The molecule has 0 spiro atoms. The Balaban J connectivity index is 2.03. The predicted molar refractivity (Wildman–Crippen MR) is 57.6 cm³/mol. The Morgan fingerprint density at radius 3 is 2.64 bits per heavy atom. The van der Waals surface area contributed by atoms with E-state index in [0.717, 1.165) is 52.2 Å². The van der Waals surface area contributed by atoms with Crippen LogP contribution in [-0.2, 0) is 9.47 Å². The summed E-state index contributed by atoms with van der Waals surface area (Å²) in [5.41, 5.74) is 0.272. The van der Waals surface area contributed by atoms with Crippen LogP contribution in [0.2, 0.25) is 0 Å². The normalized spacial score (nSPS) is 21.0. The smallest absolute Gasteiger partial charge is 0.0591 e. The van der Waals surface area contributed by atoms with Crippen LogP contribution in [-0.4, -0.2) is 38.5 Å². The van der Waals surface area contributed by atoms with Crippen molar-refractivity contribution in [3.05, 3.63) is 0 Å². The molecule has 3 nitrogen and oxygen atoms in total. The first-order chi connectivity index (χ1) is 6.77. The molecule has 1 heterocycles. The summed E-state index contributed by atoms with van der Waals surface area (Å²) < 4.78 is 10.8. The first-order valence-electron chi connectivity index (χ1n) is 5.67.